The van der Waals surface area contributed by atoms with E-state index >= 15 is 0 Å². The molecule has 0 aromatic heterocycles. The molecule has 1 aliphatic heterocycles. The number of guanidine groups is 1. The minimum absolute atomic E-state index is 0.231. The van der Waals surface area contributed by atoms with Gasteiger partial charge in [-0.25, -0.2) is 9.38 Å². The van der Waals surface area contributed by atoms with Crippen molar-refractivity contribution < 1.29 is 4.39 Å². The van der Waals surface area contributed by atoms with Crippen LogP contribution in [0.1, 0.15) is 43.4 Å². The first-order valence-corrected chi connectivity index (χ1v) is 10.6. The summed E-state index contributed by atoms with van der Waals surface area (Å²) in [6.07, 6.45) is 2.06. The first-order chi connectivity index (χ1) is 14.6. The van der Waals surface area contributed by atoms with Gasteiger partial charge in [0.2, 0.25) is 0 Å². The summed E-state index contributed by atoms with van der Waals surface area (Å²) in [5.41, 5.74) is 2.15. The van der Waals surface area contributed by atoms with Crippen LogP contribution in [-0.4, -0.2) is 36.0 Å². The third-order valence-corrected chi connectivity index (χ3v) is 5.52. The molecule has 1 fully saturated rings. The number of piperidine rings is 1. The summed E-state index contributed by atoms with van der Waals surface area (Å²) in [6, 6.07) is 17.8. The van der Waals surface area contributed by atoms with Gasteiger partial charge in [0, 0.05) is 37.3 Å². The monoisotopic (exact) mass is 407 g/mol. The van der Waals surface area contributed by atoms with Crippen LogP contribution in [0.3, 0.4) is 0 Å². The highest BCUT2D eigenvalue weighted by Gasteiger charge is 2.26. The molecular weight excluding hydrogens is 377 g/mol. The summed E-state index contributed by atoms with van der Waals surface area (Å²) in [5, 5.41) is 15.7. The van der Waals surface area contributed by atoms with E-state index in [-0.39, 0.29) is 6.54 Å². The average Bonchev–Trinajstić information content (AvgIpc) is 2.75. The van der Waals surface area contributed by atoms with Crippen molar-refractivity contribution in [2.45, 2.75) is 51.9 Å². The van der Waals surface area contributed by atoms with E-state index in [1.807, 2.05) is 13.0 Å². The molecule has 0 amide bonds. The summed E-state index contributed by atoms with van der Waals surface area (Å²) in [7, 11) is 0. The molecule has 2 N–H and O–H groups in total. The van der Waals surface area contributed by atoms with Crippen molar-refractivity contribution in [1.82, 2.24) is 15.5 Å². The molecule has 0 bridgehead atoms. The standard InChI is InChI=1S/C24H30FN5/c1-3-27-24(28-16-21-10-9-20(15-26)14-23(21)25)29-22-11-12-30(18(2)13-22)17-19-7-5-4-6-8-19/h4-10,14,18,22H,3,11-13,16-17H2,1-2H3,(H2,27,28,29). The first kappa shape index (κ1) is 21.8. The zero-order chi connectivity index (χ0) is 21.3. The second-order valence-corrected chi connectivity index (χ2v) is 7.78. The number of hydrogen-bond acceptors (Lipinski definition) is 3. The molecule has 2 unspecified atom stereocenters. The Balaban J connectivity index is 1.57. The fraction of sp³-hybridized carbons (Fsp3) is 0.417. The van der Waals surface area contributed by atoms with Crippen molar-refractivity contribution in [2.75, 3.05) is 13.1 Å². The maximum Gasteiger partial charge on any atom is 0.191 e. The highest BCUT2D eigenvalue weighted by atomic mass is 19.1. The highest BCUT2D eigenvalue weighted by molar-refractivity contribution is 5.80. The minimum Gasteiger partial charge on any atom is -0.357 e. The van der Waals surface area contributed by atoms with Crippen molar-refractivity contribution in [3.8, 4) is 6.07 Å². The number of nitrogens with one attached hydrogen (secondary N) is 2. The van der Waals surface area contributed by atoms with Gasteiger partial charge in [0.25, 0.3) is 0 Å². The number of rotatable bonds is 6. The lowest BCUT2D eigenvalue weighted by Crippen LogP contribution is -2.51. The molecule has 0 radical (unpaired) electrons. The summed E-state index contributed by atoms with van der Waals surface area (Å²) in [4.78, 5) is 7.08. The Hall–Kier alpha value is -2.91. The maximum atomic E-state index is 14.1. The van der Waals surface area contributed by atoms with Crippen LogP contribution in [-0.2, 0) is 13.1 Å². The molecule has 1 aliphatic rings. The van der Waals surface area contributed by atoms with Crippen molar-refractivity contribution in [1.29, 1.82) is 5.26 Å². The van der Waals surface area contributed by atoms with E-state index in [1.165, 1.54) is 11.6 Å². The molecule has 1 heterocycles. The molecule has 2 aromatic rings. The lowest BCUT2D eigenvalue weighted by atomic mass is 9.97. The van der Waals surface area contributed by atoms with Gasteiger partial charge in [-0.2, -0.15) is 5.26 Å². The van der Waals surface area contributed by atoms with Crippen LogP contribution >= 0.6 is 0 Å². The van der Waals surface area contributed by atoms with Gasteiger partial charge in [0.05, 0.1) is 18.2 Å². The van der Waals surface area contributed by atoms with Crippen molar-refractivity contribution >= 4 is 5.96 Å². The number of nitrogens with zero attached hydrogens (tertiary/aromatic N) is 3. The Labute approximate surface area is 178 Å². The zero-order valence-electron chi connectivity index (χ0n) is 17.7. The predicted octanol–water partition coefficient (Wildman–Crippen LogP) is 3.81. The topological polar surface area (TPSA) is 63.5 Å². The van der Waals surface area contributed by atoms with E-state index in [4.69, 9.17) is 5.26 Å². The Bertz CT molecular complexity index is 890. The summed E-state index contributed by atoms with van der Waals surface area (Å²) < 4.78 is 14.1. The summed E-state index contributed by atoms with van der Waals surface area (Å²) in [6.45, 7) is 7.26. The Morgan fingerprint density at radius 3 is 2.73 bits per heavy atom. The molecule has 5 nitrogen and oxygen atoms in total. The van der Waals surface area contributed by atoms with Gasteiger partial charge in [-0.05, 0) is 44.4 Å². The van der Waals surface area contributed by atoms with Gasteiger partial charge in [0.15, 0.2) is 5.96 Å². The Morgan fingerprint density at radius 1 is 1.27 bits per heavy atom. The minimum atomic E-state index is -0.392. The largest absolute Gasteiger partial charge is 0.357 e. The molecule has 1 saturated heterocycles. The predicted molar refractivity (Wildman–Crippen MR) is 118 cm³/mol. The van der Waals surface area contributed by atoms with Gasteiger partial charge in [-0.1, -0.05) is 36.4 Å². The SMILES string of the molecule is CCNC(=NCc1ccc(C#N)cc1F)NC1CCN(Cc2ccccc2)C(C)C1. The molecule has 2 atom stereocenters. The van der Waals surface area contributed by atoms with Gasteiger partial charge in [-0.15, -0.1) is 0 Å². The van der Waals surface area contributed by atoms with Crippen LogP contribution < -0.4 is 10.6 Å². The van der Waals surface area contributed by atoms with Crippen LogP contribution in [0.25, 0.3) is 0 Å². The van der Waals surface area contributed by atoms with Crippen LogP contribution in [0.5, 0.6) is 0 Å². The third-order valence-electron chi connectivity index (χ3n) is 5.52. The van der Waals surface area contributed by atoms with Crippen molar-refractivity contribution in [3.05, 3.63) is 71.0 Å². The molecular formula is C24H30FN5. The second-order valence-electron chi connectivity index (χ2n) is 7.78. The van der Waals surface area contributed by atoms with E-state index in [0.29, 0.717) is 29.2 Å². The van der Waals surface area contributed by atoms with Crippen LogP contribution in [0, 0.1) is 17.1 Å². The molecule has 0 aliphatic carbocycles. The number of benzene rings is 2. The fourth-order valence-corrected chi connectivity index (χ4v) is 3.83. The number of likely N-dealkylation sites (tertiary alicyclic amines) is 1. The van der Waals surface area contributed by atoms with Crippen molar-refractivity contribution in [3.63, 3.8) is 0 Å². The van der Waals surface area contributed by atoms with Gasteiger partial charge >= 0.3 is 0 Å². The Kier molecular flexibility index (Phi) is 7.81. The zero-order valence-corrected chi connectivity index (χ0v) is 17.7. The van der Waals surface area contributed by atoms with E-state index in [1.54, 1.807) is 12.1 Å². The second kappa shape index (κ2) is 10.7. The van der Waals surface area contributed by atoms with E-state index in [9.17, 15) is 4.39 Å². The van der Waals surface area contributed by atoms with Gasteiger partial charge in [0.1, 0.15) is 5.82 Å². The average molecular weight is 408 g/mol. The first-order valence-electron chi connectivity index (χ1n) is 10.6. The van der Waals surface area contributed by atoms with Crippen LogP contribution in [0.15, 0.2) is 53.5 Å². The maximum absolute atomic E-state index is 14.1. The molecule has 30 heavy (non-hydrogen) atoms. The van der Waals surface area contributed by atoms with Crippen LogP contribution in [0.2, 0.25) is 0 Å². The number of aliphatic imine (C=N–C) groups is 1. The summed E-state index contributed by atoms with van der Waals surface area (Å²) in [5.74, 6) is 0.312. The van der Waals surface area contributed by atoms with Crippen molar-refractivity contribution in [2.24, 2.45) is 4.99 Å². The summed E-state index contributed by atoms with van der Waals surface area (Å²) >= 11 is 0. The molecule has 3 rings (SSSR count). The molecule has 0 saturated carbocycles. The number of halogens is 1. The lowest BCUT2D eigenvalue weighted by Gasteiger charge is -2.38. The lowest BCUT2D eigenvalue weighted by molar-refractivity contribution is 0.134. The van der Waals surface area contributed by atoms with Gasteiger partial charge < -0.3 is 10.6 Å². The van der Waals surface area contributed by atoms with E-state index < -0.39 is 5.82 Å². The quantitative estimate of drug-likeness (QED) is 0.565. The third kappa shape index (κ3) is 6.04. The molecule has 2 aromatic carbocycles. The fourth-order valence-electron chi connectivity index (χ4n) is 3.83. The number of hydrogen-bond donors (Lipinski definition) is 2. The highest BCUT2D eigenvalue weighted by Crippen LogP contribution is 2.20. The number of nitriles is 1. The smallest absolute Gasteiger partial charge is 0.191 e. The Morgan fingerprint density at radius 2 is 2.07 bits per heavy atom. The van der Waals surface area contributed by atoms with E-state index in [2.05, 4.69) is 57.8 Å². The van der Waals surface area contributed by atoms with Crippen LogP contribution in [0.4, 0.5) is 4.39 Å². The van der Waals surface area contributed by atoms with Gasteiger partial charge in [-0.3, -0.25) is 4.90 Å². The molecule has 6 heteroatoms. The molecule has 158 valence electrons. The van der Waals surface area contributed by atoms with E-state index in [0.717, 1.165) is 32.5 Å². The normalized spacial score (nSPS) is 19.9. The molecule has 0 spiro atoms.